The number of hydrogen-bond acceptors (Lipinski definition) is 6. The van der Waals surface area contributed by atoms with Gasteiger partial charge in [0, 0.05) is 26.2 Å². The number of anilines is 1. The van der Waals surface area contributed by atoms with E-state index < -0.39 is 0 Å². The highest BCUT2D eigenvalue weighted by atomic mass is 35.5. The number of morpholine rings is 1. The molecule has 184 valence electrons. The van der Waals surface area contributed by atoms with Gasteiger partial charge >= 0.3 is 0 Å². The number of carbonyl (C=O) groups is 1. The number of para-hydroxylation sites is 1. The van der Waals surface area contributed by atoms with E-state index in [-0.39, 0.29) is 18.3 Å². The SMILES string of the molecule is CCOc1cccc2sc(N(CCN3CCOCC3)C(=O)Cc3cccc4ccccc34)nc12.Cl. The van der Waals surface area contributed by atoms with Crippen LogP contribution in [0.2, 0.25) is 0 Å². The first-order valence-electron chi connectivity index (χ1n) is 11.8. The number of amides is 1. The highest BCUT2D eigenvalue weighted by Gasteiger charge is 2.23. The molecule has 5 rings (SSSR count). The molecule has 1 aliphatic heterocycles. The van der Waals surface area contributed by atoms with Gasteiger partial charge in [-0.15, -0.1) is 12.4 Å². The molecule has 35 heavy (non-hydrogen) atoms. The number of nitrogens with zero attached hydrogens (tertiary/aromatic N) is 3. The molecule has 8 heteroatoms. The number of aromatic nitrogens is 1. The molecular weight excluding hydrogens is 482 g/mol. The lowest BCUT2D eigenvalue weighted by molar-refractivity contribution is -0.118. The Hall–Kier alpha value is -2.71. The van der Waals surface area contributed by atoms with Crippen LogP contribution in [0, 0.1) is 0 Å². The number of benzene rings is 3. The fraction of sp³-hybridized carbons (Fsp3) is 0.333. The largest absolute Gasteiger partial charge is 0.492 e. The summed E-state index contributed by atoms with van der Waals surface area (Å²) in [4.78, 5) is 22.8. The van der Waals surface area contributed by atoms with Crippen molar-refractivity contribution in [2.24, 2.45) is 0 Å². The standard InChI is InChI=1S/C27H29N3O3S.ClH/c1-2-33-23-11-6-12-24-26(23)28-27(34-24)30(14-13-29-15-17-32-18-16-29)25(31)19-21-9-5-8-20-7-3-4-10-22(20)21;/h3-12H,2,13-19H2,1H3;1H. The molecule has 0 aliphatic carbocycles. The maximum atomic E-state index is 13.7. The maximum Gasteiger partial charge on any atom is 0.233 e. The molecule has 0 spiro atoms. The zero-order valence-electron chi connectivity index (χ0n) is 19.8. The molecule has 0 N–H and O–H groups in total. The summed E-state index contributed by atoms with van der Waals surface area (Å²) in [5.41, 5.74) is 1.86. The summed E-state index contributed by atoms with van der Waals surface area (Å²) in [6.07, 6.45) is 0.332. The van der Waals surface area contributed by atoms with Crippen LogP contribution in [0.4, 0.5) is 5.13 Å². The zero-order valence-corrected chi connectivity index (χ0v) is 21.4. The second-order valence-electron chi connectivity index (χ2n) is 8.35. The van der Waals surface area contributed by atoms with Gasteiger partial charge in [-0.25, -0.2) is 4.98 Å². The van der Waals surface area contributed by atoms with E-state index in [1.165, 1.54) is 0 Å². The Labute approximate surface area is 215 Å². The second kappa shape index (κ2) is 11.8. The Balaban J connectivity index is 0.00000289. The van der Waals surface area contributed by atoms with Crippen LogP contribution >= 0.6 is 23.7 Å². The quantitative estimate of drug-likeness (QED) is 0.326. The first-order chi connectivity index (χ1) is 16.7. The molecule has 2 heterocycles. The maximum absolute atomic E-state index is 13.7. The van der Waals surface area contributed by atoms with Crippen molar-refractivity contribution in [2.75, 3.05) is 50.9 Å². The smallest absolute Gasteiger partial charge is 0.233 e. The summed E-state index contributed by atoms with van der Waals surface area (Å²) >= 11 is 1.55. The number of hydrogen-bond donors (Lipinski definition) is 0. The predicted octanol–water partition coefficient (Wildman–Crippen LogP) is 5.18. The van der Waals surface area contributed by atoms with Crippen LogP contribution in [0.15, 0.2) is 60.7 Å². The lowest BCUT2D eigenvalue weighted by Crippen LogP contribution is -2.43. The topological polar surface area (TPSA) is 54.9 Å². The predicted molar refractivity (Wildman–Crippen MR) is 145 cm³/mol. The number of thiazole rings is 1. The Kier molecular flexibility index (Phi) is 8.57. The van der Waals surface area contributed by atoms with Gasteiger partial charge in [-0.2, -0.15) is 0 Å². The molecule has 0 radical (unpaired) electrons. The van der Waals surface area contributed by atoms with Crippen LogP contribution in [0.1, 0.15) is 12.5 Å². The molecule has 1 aliphatic rings. The Morgan fingerprint density at radius 2 is 1.86 bits per heavy atom. The van der Waals surface area contributed by atoms with E-state index in [2.05, 4.69) is 23.1 Å². The van der Waals surface area contributed by atoms with Crippen LogP contribution in [-0.2, 0) is 16.0 Å². The van der Waals surface area contributed by atoms with E-state index in [0.717, 1.165) is 70.3 Å². The van der Waals surface area contributed by atoms with E-state index >= 15 is 0 Å². The summed E-state index contributed by atoms with van der Waals surface area (Å²) in [6, 6.07) is 20.3. The van der Waals surface area contributed by atoms with Gasteiger partial charge in [-0.3, -0.25) is 14.6 Å². The number of fused-ring (bicyclic) bond motifs is 2. The Morgan fingerprint density at radius 3 is 2.69 bits per heavy atom. The lowest BCUT2D eigenvalue weighted by Gasteiger charge is -2.29. The first-order valence-corrected chi connectivity index (χ1v) is 12.6. The van der Waals surface area contributed by atoms with Gasteiger partial charge in [-0.05, 0) is 35.4 Å². The molecule has 0 bridgehead atoms. The minimum atomic E-state index is 0. The summed E-state index contributed by atoms with van der Waals surface area (Å²) in [7, 11) is 0. The third kappa shape index (κ3) is 5.76. The van der Waals surface area contributed by atoms with E-state index in [4.69, 9.17) is 14.5 Å². The fourth-order valence-corrected chi connectivity index (χ4v) is 5.42. The summed E-state index contributed by atoms with van der Waals surface area (Å²) < 4.78 is 12.3. The molecule has 1 aromatic heterocycles. The molecule has 1 amide bonds. The third-order valence-corrected chi connectivity index (χ3v) is 7.21. The van der Waals surface area contributed by atoms with Crippen LogP contribution < -0.4 is 9.64 Å². The van der Waals surface area contributed by atoms with Crippen LogP contribution in [0.3, 0.4) is 0 Å². The Bertz CT molecular complexity index is 1280. The number of ether oxygens (including phenoxy) is 2. The van der Waals surface area contributed by atoms with Crippen molar-refractivity contribution in [3.63, 3.8) is 0 Å². The third-order valence-electron chi connectivity index (χ3n) is 6.17. The van der Waals surface area contributed by atoms with Gasteiger partial charge < -0.3 is 9.47 Å². The molecule has 1 fully saturated rings. The number of halogens is 1. The van der Waals surface area contributed by atoms with Gasteiger partial charge in [0.15, 0.2) is 5.13 Å². The molecule has 0 atom stereocenters. The van der Waals surface area contributed by atoms with Crippen molar-refractivity contribution in [1.29, 1.82) is 0 Å². The fourth-order valence-electron chi connectivity index (χ4n) is 4.40. The first kappa shape index (κ1) is 25.4. The van der Waals surface area contributed by atoms with Gasteiger partial charge in [0.1, 0.15) is 11.3 Å². The van der Waals surface area contributed by atoms with Crippen molar-refractivity contribution in [2.45, 2.75) is 13.3 Å². The van der Waals surface area contributed by atoms with Crippen molar-refractivity contribution < 1.29 is 14.3 Å². The zero-order chi connectivity index (χ0) is 23.3. The number of rotatable bonds is 8. The van der Waals surface area contributed by atoms with Crippen LogP contribution in [0.25, 0.3) is 21.0 Å². The average molecular weight is 512 g/mol. The van der Waals surface area contributed by atoms with Gasteiger partial charge in [-0.1, -0.05) is 59.9 Å². The second-order valence-corrected chi connectivity index (χ2v) is 9.36. The van der Waals surface area contributed by atoms with Crippen molar-refractivity contribution in [3.8, 4) is 5.75 Å². The lowest BCUT2D eigenvalue weighted by atomic mass is 10.0. The van der Waals surface area contributed by atoms with E-state index in [0.29, 0.717) is 19.6 Å². The van der Waals surface area contributed by atoms with Crippen molar-refractivity contribution >= 4 is 55.8 Å². The Morgan fingerprint density at radius 1 is 1.09 bits per heavy atom. The minimum Gasteiger partial charge on any atom is -0.492 e. The average Bonchev–Trinajstić information content (AvgIpc) is 3.30. The number of carbonyl (C=O) groups excluding carboxylic acids is 1. The summed E-state index contributed by atoms with van der Waals surface area (Å²) in [5, 5.41) is 2.99. The van der Waals surface area contributed by atoms with E-state index in [9.17, 15) is 4.79 Å². The molecule has 3 aromatic carbocycles. The van der Waals surface area contributed by atoms with E-state index in [1.54, 1.807) is 11.3 Å². The summed E-state index contributed by atoms with van der Waals surface area (Å²) in [6.45, 7) is 7.18. The van der Waals surface area contributed by atoms with E-state index in [1.807, 2.05) is 54.3 Å². The van der Waals surface area contributed by atoms with Gasteiger partial charge in [0.2, 0.25) is 5.91 Å². The van der Waals surface area contributed by atoms with Crippen LogP contribution in [0.5, 0.6) is 5.75 Å². The highest BCUT2D eigenvalue weighted by molar-refractivity contribution is 7.22. The molecule has 0 saturated carbocycles. The molecule has 0 unspecified atom stereocenters. The molecular formula is C27H30ClN3O3S. The van der Waals surface area contributed by atoms with Gasteiger partial charge in [0.25, 0.3) is 0 Å². The molecule has 1 saturated heterocycles. The highest BCUT2D eigenvalue weighted by Crippen LogP contribution is 2.34. The van der Waals surface area contributed by atoms with Crippen LogP contribution in [-0.4, -0.2) is 61.8 Å². The normalized spacial score (nSPS) is 14.1. The van der Waals surface area contributed by atoms with Crippen molar-refractivity contribution in [1.82, 2.24) is 9.88 Å². The molecule has 6 nitrogen and oxygen atoms in total. The van der Waals surface area contributed by atoms with Gasteiger partial charge in [0.05, 0.1) is 30.9 Å². The summed E-state index contributed by atoms with van der Waals surface area (Å²) in [5.74, 6) is 0.818. The minimum absolute atomic E-state index is 0. The molecule has 4 aromatic rings. The van der Waals surface area contributed by atoms with Crippen molar-refractivity contribution in [3.05, 3.63) is 66.2 Å². The monoisotopic (exact) mass is 511 g/mol.